The predicted molar refractivity (Wildman–Crippen MR) is 129 cm³/mol. The maximum absolute atomic E-state index is 14.8. The van der Waals surface area contributed by atoms with Crippen LogP contribution in [0.2, 0.25) is 0 Å². The van der Waals surface area contributed by atoms with E-state index in [1.54, 1.807) is 24.3 Å². The molecule has 6 heteroatoms. The van der Waals surface area contributed by atoms with Crippen molar-refractivity contribution in [2.75, 3.05) is 6.61 Å². The lowest BCUT2D eigenvalue weighted by atomic mass is 9.82. The number of carbonyl (C=O) groups excluding carboxylic acids is 1. The Balaban J connectivity index is 1.39. The van der Waals surface area contributed by atoms with Crippen LogP contribution in [0, 0.1) is 17.5 Å². The molecule has 1 fully saturated rings. The van der Waals surface area contributed by atoms with Gasteiger partial charge in [0.2, 0.25) is 0 Å². The molecule has 184 valence electrons. The third kappa shape index (κ3) is 5.53. The predicted octanol–water partition coefficient (Wildman–Crippen LogP) is 7.62. The highest BCUT2D eigenvalue weighted by molar-refractivity contribution is 5.90. The first-order valence-corrected chi connectivity index (χ1v) is 12.1. The van der Waals surface area contributed by atoms with Crippen molar-refractivity contribution in [2.24, 2.45) is 0 Å². The first-order valence-electron chi connectivity index (χ1n) is 12.1. The topological polar surface area (TPSA) is 35.5 Å². The Kier molecular flexibility index (Phi) is 7.79. The zero-order chi connectivity index (χ0) is 24.9. The number of hydrogen-bond donors (Lipinski definition) is 0. The summed E-state index contributed by atoms with van der Waals surface area (Å²) in [6, 6.07) is 14.8. The summed E-state index contributed by atoms with van der Waals surface area (Å²) in [6.45, 7) is 4.32. The van der Waals surface area contributed by atoms with Crippen LogP contribution in [0.1, 0.15) is 66.9 Å². The molecule has 1 aliphatic carbocycles. The summed E-state index contributed by atoms with van der Waals surface area (Å²) in [5, 5.41) is 0. The molecule has 0 bridgehead atoms. The van der Waals surface area contributed by atoms with E-state index < -0.39 is 29.3 Å². The van der Waals surface area contributed by atoms with Gasteiger partial charge in [0.15, 0.2) is 11.6 Å². The van der Waals surface area contributed by atoms with Crippen LogP contribution in [-0.2, 0) is 11.2 Å². The quantitative estimate of drug-likeness (QED) is 0.325. The van der Waals surface area contributed by atoms with Crippen LogP contribution in [0.25, 0.3) is 11.1 Å². The number of ether oxygens (including phenoxy) is 2. The Hall–Kier alpha value is -3.28. The summed E-state index contributed by atoms with van der Waals surface area (Å²) in [4.78, 5) is 12.6. The van der Waals surface area contributed by atoms with Gasteiger partial charge in [-0.1, -0.05) is 43.3 Å². The van der Waals surface area contributed by atoms with Gasteiger partial charge in [0.25, 0.3) is 0 Å². The molecule has 3 aromatic carbocycles. The second-order valence-corrected chi connectivity index (χ2v) is 8.83. The standard InChI is InChI=1S/C29H29F3O3/c1-3-18-5-7-20(8-6-18)24-15-16-25(28(32)27(24)31)29(33)35-21-11-9-19(10-12-21)23-14-13-22(34-4-2)17-26(23)30/h5-8,13-17,19,21H,3-4,9-12H2,1-2H3. The van der Waals surface area contributed by atoms with E-state index in [1.807, 2.05) is 26.0 Å². The normalized spacial score (nSPS) is 17.7. The Morgan fingerprint density at radius 1 is 0.886 bits per heavy atom. The van der Waals surface area contributed by atoms with Gasteiger partial charge in [-0.05, 0) is 73.8 Å². The van der Waals surface area contributed by atoms with Gasteiger partial charge in [-0.25, -0.2) is 18.0 Å². The third-order valence-electron chi connectivity index (χ3n) is 6.65. The third-order valence-corrected chi connectivity index (χ3v) is 6.65. The van der Waals surface area contributed by atoms with Gasteiger partial charge in [0, 0.05) is 11.6 Å². The summed E-state index contributed by atoms with van der Waals surface area (Å²) in [5.41, 5.74) is 1.93. The summed E-state index contributed by atoms with van der Waals surface area (Å²) in [5.74, 6) is -2.97. The molecule has 4 rings (SSSR count). The Bertz CT molecular complexity index is 1180. The fraction of sp³-hybridized carbons (Fsp3) is 0.345. The highest BCUT2D eigenvalue weighted by atomic mass is 19.2. The van der Waals surface area contributed by atoms with Crippen molar-refractivity contribution in [2.45, 2.75) is 58.0 Å². The van der Waals surface area contributed by atoms with Gasteiger partial charge in [-0.15, -0.1) is 0 Å². The number of carbonyl (C=O) groups is 1. The molecule has 0 atom stereocenters. The number of halogens is 3. The highest BCUT2D eigenvalue weighted by Crippen LogP contribution is 2.37. The van der Waals surface area contributed by atoms with E-state index in [1.165, 1.54) is 18.2 Å². The van der Waals surface area contributed by atoms with E-state index in [4.69, 9.17) is 9.47 Å². The number of aryl methyl sites for hydroxylation is 1. The van der Waals surface area contributed by atoms with E-state index in [-0.39, 0.29) is 17.3 Å². The first kappa shape index (κ1) is 24.8. The molecule has 0 saturated heterocycles. The number of esters is 1. The van der Waals surface area contributed by atoms with Crippen molar-refractivity contribution < 1.29 is 27.4 Å². The van der Waals surface area contributed by atoms with Gasteiger partial charge in [0.1, 0.15) is 17.7 Å². The second kappa shape index (κ2) is 11.0. The molecule has 0 aliphatic heterocycles. The second-order valence-electron chi connectivity index (χ2n) is 8.83. The van der Waals surface area contributed by atoms with Crippen molar-refractivity contribution in [1.29, 1.82) is 0 Å². The van der Waals surface area contributed by atoms with Crippen molar-refractivity contribution in [3.63, 3.8) is 0 Å². The van der Waals surface area contributed by atoms with Crippen molar-refractivity contribution in [3.8, 4) is 16.9 Å². The van der Waals surface area contributed by atoms with Gasteiger partial charge >= 0.3 is 5.97 Å². The van der Waals surface area contributed by atoms with Crippen LogP contribution >= 0.6 is 0 Å². The molecule has 0 spiro atoms. The average molecular weight is 483 g/mol. The monoisotopic (exact) mass is 482 g/mol. The van der Waals surface area contributed by atoms with Crippen LogP contribution in [0.3, 0.4) is 0 Å². The molecule has 0 heterocycles. The van der Waals surface area contributed by atoms with Gasteiger partial charge in [-0.2, -0.15) is 0 Å². The van der Waals surface area contributed by atoms with Crippen LogP contribution in [0.5, 0.6) is 5.75 Å². The van der Waals surface area contributed by atoms with Gasteiger partial charge < -0.3 is 9.47 Å². The van der Waals surface area contributed by atoms with E-state index in [0.717, 1.165) is 12.0 Å². The molecule has 0 N–H and O–H groups in total. The minimum atomic E-state index is -1.21. The molecule has 35 heavy (non-hydrogen) atoms. The summed E-state index contributed by atoms with van der Waals surface area (Å²) in [6.07, 6.45) is 2.73. The summed E-state index contributed by atoms with van der Waals surface area (Å²) in [7, 11) is 0. The summed E-state index contributed by atoms with van der Waals surface area (Å²) < 4.78 is 54.9. The van der Waals surface area contributed by atoms with Crippen LogP contribution in [0.15, 0.2) is 54.6 Å². The first-order chi connectivity index (χ1) is 16.9. The molecule has 3 aromatic rings. The van der Waals surface area contributed by atoms with Crippen LogP contribution in [0.4, 0.5) is 13.2 Å². The average Bonchev–Trinajstić information content (AvgIpc) is 2.87. The number of rotatable bonds is 7. The lowest BCUT2D eigenvalue weighted by molar-refractivity contribution is 0.0188. The minimum absolute atomic E-state index is 0.00758. The molecule has 0 aromatic heterocycles. The van der Waals surface area contributed by atoms with Crippen molar-refractivity contribution >= 4 is 5.97 Å². The Morgan fingerprint density at radius 2 is 1.60 bits per heavy atom. The Labute approximate surface area is 203 Å². The van der Waals surface area contributed by atoms with Gasteiger partial charge in [-0.3, -0.25) is 0 Å². The highest BCUT2D eigenvalue weighted by Gasteiger charge is 2.28. The molecule has 0 unspecified atom stereocenters. The fourth-order valence-corrected chi connectivity index (χ4v) is 4.65. The van der Waals surface area contributed by atoms with E-state index in [0.29, 0.717) is 49.2 Å². The molecule has 1 aliphatic rings. The van der Waals surface area contributed by atoms with E-state index in [2.05, 4.69) is 0 Å². The molecule has 0 amide bonds. The molecule has 0 radical (unpaired) electrons. The van der Waals surface area contributed by atoms with Crippen molar-refractivity contribution in [3.05, 3.63) is 88.7 Å². The zero-order valence-corrected chi connectivity index (χ0v) is 20.0. The van der Waals surface area contributed by atoms with E-state index in [9.17, 15) is 18.0 Å². The molecule has 3 nitrogen and oxygen atoms in total. The number of benzene rings is 3. The smallest absolute Gasteiger partial charge is 0.341 e. The Morgan fingerprint density at radius 3 is 2.23 bits per heavy atom. The van der Waals surface area contributed by atoms with Crippen LogP contribution in [-0.4, -0.2) is 18.7 Å². The molecule has 1 saturated carbocycles. The molecular weight excluding hydrogens is 453 g/mol. The minimum Gasteiger partial charge on any atom is -0.494 e. The van der Waals surface area contributed by atoms with Gasteiger partial charge in [0.05, 0.1) is 12.2 Å². The zero-order valence-electron chi connectivity index (χ0n) is 20.0. The summed E-state index contributed by atoms with van der Waals surface area (Å²) >= 11 is 0. The maximum atomic E-state index is 14.8. The lowest BCUT2D eigenvalue weighted by Crippen LogP contribution is -2.25. The largest absolute Gasteiger partial charge is 0.494 e. The van der Waals surface area contributed by atoms with E-state index >= 15 is 0 Å². The maximum Gasteiger partial charge on any atom is 0.341 e. The molecular formula is C29H29F3O3. The SMILES string of the molecule is CCOc1ccc(C2CCC(OC(=O)c3ccc(-c4ccc(CC)cc4)c(F)c3F)CC2)c(F)c1. The number of hydrogen-bond acceptors (Lipinski definition) is 3. The van der Waals surface area contributed by atoms with Crippen molar-refractivity contribution in [1.82, 2.24) is 0 Å². The lowest BCUT2D eigenvalue weighted by Gasteiger charge is -2.29. The fourth-order valence-electron chi connectivity index (χ4n) is 4.65. The van der Waals surface area contributed by atoms with Crippen LogP contribution < -0.4 is 4.74 Å².